The number of benzene rings is 2. The quantitative estimate of drug-likeness (QED) is 0.601. The molecule has 2 N–H and O–H groups in total. The van der Waals surface area contributed by atoms with Crippen LogP contribution in [0.5, 0.6) is 0 Å². The van der Waals surface area contributed by atoms with Gasteiger partial charge in [-0.3, -0.25) is 10.1 Å². The number of aliphatic carboxylic acids is 1. The Morgan fingerprint density at radius 1 is 1.19 bits per heavy atom. The molecule has 0 bridgehead atoms. The molecule has 1 heterocycles. The summed E-state index contributed by atoms with van der Waals surface area (Å²) in [4.78, 5) is 12.3. The van der Waals surface area contributed by atoms with Crippen molar-refractivity contribution in [2.75, 3.05) is 0 Å². The molecule has 7 heteroatoms. The molecule has 2 fully saturated rings. The molecule has 4 unspecified atom stereocenters. The Morgan fingerprint density at radius 2 is 1.87 bits per heavy atom. The monoisotopic (exact) mass is 460 g/mol. The lowest BCUT2D eigenvalue weighted by Gasteiger charge is -2.35. The lowest BCUT2D eigenvalue weighted by Crippen LogP contribution is -2.43. The summed E-state index contributed by atoms with van der Waals surface area (Å²) >= 11 is 12.1. The van der Waals surface area contributed by atoms with E-state index in [1.54, 1.807) is 30.3 Å². The lowest BCUT2D eigenvalue weighted by atomic mass is 9.63. The summed E-state index contributed by atoms with van der Waals surface area (Å²) in [6.07, 6.45) is 5.01. The fourth-order valence-corrected chi connectivity index (χ4v) is 5.78. The van der Waals surface area contributed by atoms with Crippen molar-refractivity contribution < 1.29 is 14.3 Å². The summed E-state index contributed by atoms with van der Waals surface area (Å²) in [7, 11) is 0. The molecule has 4 atom stereocenters. The van der Waals surface area contributed by atoms with Gasteiger partial charge >= 0.3 is 5.97 Å². The van der Waals surface area contributed by atoms with Crippen molar-refractivity contribution in [1.82, 2.24) is 5.32 Å². The molecular weight excluding hydrogens is 438 g/mol. The molecule has 4 rings (SSSR count). The Labute approximate surface area is 191 Å². The summed E-state index contributed by atoms with van der Waals surface area (Å²) in [5.74, 6) is -2.36. The predicted octanol–water partition coefficient (Wildman–Crippen LogP) is 5.68. The van der Waals surface area contributed by atoms with Gasteiger partial charge in [-0.05, 0) is 41.7 Å². The highest BCUT2D eigenvalue weighted by Crippen LogP contribution is 2.52. The zero-order chi connectivity index (χ0) is 22.2. The maximum Gasteiger partial charge on any atom is 0.321 e. The van der Waals surface area contributed by atoms with Crippen LogP contribution < -0.4 is 5.32 Å². The van der Waals surface area contributed by atoms with E-state index in [2.05, 4.69) is 11.4 Å². The number of halogens is 3. The predicted molar refractivity (Wildman–Crippen MR) is 118 cm³/mol. The summed E-state index contributed by atoms with van der Waals surface area (Å²) in [5, 5.41) is 24.3. The highest BCUT2D eigenvalue weighted by Gasteiger charge is 2.60. The van der Waals surface area contributed by atoms with Crippen LogP contribution in [-0.4, -0.2) is 23.2 Å². The van der Waals surface area contributed by atoms with Crippen molar-refractivity contribution in [2.24, 2.45) is 5.92 Å². The molecule has 2 aliphatic rings. The summed E-state index contributed by atoms with van der Waals surface area (Å²) in [6, 6.07) is 12.3. The van der Waals surface area contributed by atoms with Gasteiger partial charge in [0.2, 0.25) is 0 Å². The van der Waals surface area contributed by atoms with Crippen molar-refractivity contribution in [3.63, 3.8) is 0 Å². The second-order valence-electron chi connectivity index (χ2n) is 8.53. The van der Waals surface area contributed by atoms with Gasteiger partial charge in [-0.15, -0.1) is 0 Å². The van der Waals surface area contributed by atoms with Crippen molar-refractivity contribution in [2.45, 2.75) is 55.5 Å². The van der Waals surface area contributed by atoms with E-state index >= 15 is 4.39 Å². The first-order valence-corrected chi connectivity index (χ1v) is 11.2. The number of rotatable bonds is 5. The number of hydrogen-bond donors (Lipinski definition) is 2. The standard InChI is InChI=1S/C24H23Cl2FN2O2/c25-16-10-8-15(9-11-16)24(13-28)19(12-14-4-1-2-5-14)29-22(23(30)31)20(24)17-6-3-7-18(26)21(17)27/h3,6-11,14,19-20,22,29H,1-2,4-5,12H2,(H,30,31). The van der Waals surface area contributed by atoms with E-state index in [-0.39, 0.29) is 10.6 Å². The summed E-state index contributed by atoms with van der Waals surface area (Å²) in [5.41, 5.74) is -0.525. The minimum atomic E-state index is -1.29. The fraction of sp³-hybridized carbons (Fsp3) is 0.417. The van der Waals surface area contributed by atoms with Gasteiger partial charge in [-0.25, -0.2) is 4.39 Å². The van der Waals surface area contributed by atoms with E-state index in [0.29, 0.717) is 22.9 Å². The first kappa shape index (κ1) is 22.1. The largest absolute Gasteiger partial charge is 0.480 e. The molecule has 0 aromatic heterocycles. The molecule has 2 aromatic carbocycles. The smallest absolute Gasteiger partial charge is 0.321 e. The van der Waals surface area contributed by atoms with Gasteiger partial charge in [0.1, 0.15) is 17.3 Å². The lowest BCUT2D eigenvalue weighted by molar-refractivity contribution is -0.139. The van der Waals surface area contributed by atoms with Crippen LogP contribution in [0.25, 0.3) is 0 Å². The van der Waals surface area contributed by atoms with Crippen LogP contribution in [0.1, 0.15) is 49.1 Å². The number of carboxylic acid groups (broad SMARTS) is 1. The molecule has 31 heavy (non-hydrogen) atoms. The van der Waals surface area contributed by atoms with E-state index < -0.39 is 35.2 Å². The number of carboxylic acids is 1. The molecule has 162 valence electrons. The average molecular weight is 461 g/mol. The second-order valence-corrected chi connectivity index (χ2v) is 9.37. The van der Waals surface area contributed by atoms with E-state index in [1.165, 1.54) is 12.1 Å². The SMILES string of the molecule is N#CC1(c2ccc(Cl)cc2)C(CC2CCCC2)NC(C(=O)O)C1c1cccc(Cl)c1F. The van der Waals surface area contributed by atoms with Crippen LogP contribution in [0, 0.1) is 23.1 Å². The number of nitrogens with zero attached hydrogens (tertiary/aromatic N) is 1. The van der Waals surface area contributed by atoms with Gasteiger partial charge < -0.3 is 5.11 Å². The van der Waals surface area contributed by atoms with Crippen molar-refractivity contribution in [3.05, 3.63) is 69.5 Å². The van der Waals surface area contributed by atoms with Crippen LogP contribution in [-0.2, 0) is 10.2 Å². The Hall–Kier alpha value is -2.13. The normalized spacial score (nSPS) is 28.5. The van der Waals surface area contributed by atoms with Crippen molar-refractivity contribution >= 4 is 29.2 Å². The van der Waals surface area contributed by atoms with E-state index in [9.17, 15) is 15.2 Å². The van der Waals surface area contributed by atoms with Gasteiger partial charge in [-0.1, -0.05) is 73.2 Å². The Balaban J connectivity index is 1.92. The first-order valence-electron chi connectivity index (χ1n) is 10.5. The third kappa shape index (κ3) is 3.82. The highest BCUT2D eigenvalue weighted by atomic mass is 35.5. The minimum absolute atomic E-state index is 0.0937. The Kier molecular flexibility index (Phi) is 6.25. The third-order valence-electron chi connectivity index (χ3n) is 6.89. The van der Waals surface area contributed by atoms with E-state index in [1.807, 2.05) is 0 Å². The van der Waals surface area contributed by atoms with Crippen molar-refractivity contribution in [1.29, 1.82) is 5.26 Å². The van der Waals surface area contributed by atoms with Crippen LogP contribution in [0.15, 0.2) is 42.5 Å². The fourth-order valence-electron chi connectivity index (χ4n) is 5.48. The number of nitriles is 1. The zero-order valence-corrected chi connectivity index (χ0v) is 18.3. The molecular formula is C24H23Cl2FN2O2. The number of carbonyl (C=O) groups is 1. The molecule has 4 nitrogen and oxygen atoms in total. The molecule has 0 radical (unpaired) electrons. The molecule has 0 spiro atoms. The van der Waals surface area contributed by atoms with Crippen LogP contribution in [0.2, 0.25) is 10.0 Å². The molecule has 1 aliphatic heterocycles. The maximum absolute atomic E-state index is 15.2. The average Bonchev–Trinajstić information content (AvgIpc) is 3.37. The molecule has 1 saturated carbocycles. The number of hydrogen-bond acceptors (Lipinski definition) is 3. The topological polar surface area (TPSA) is 73.1 Å². The van der Waals surface area contributed by atoms with Crippen LogP contribution >= 0.6 is 23.2 Å². The summed E-state index contributed by atoms with van der Waals surface area (Å²) in [6.45, 7) is 0. The van der Waals surface area contributed by atoms with Gasteiger partial charge in [0.15, 0.2) is 0 Å². The summed E-state index contributed by atoms with van der Waals surface area (Å²) < 4.78 is 15.2. The zero-order valence-electron chi connectivity index (χ0n) is 16.8. The molecule has 2 aromatic rings. The van der Waals surface area contributed by atoms with Crippen LogP contribution in [0.3, 0.4) is 0 Å². The van der Waals surface area contributed by atoms with Crippen molar-refractivity contribution in [3.8, 4) is 6.07 Å². The first-order chi connectivity index (χ1) is 14.9. The Morgan fingerprint density at radius 3 is 2.48 bits per heavy atom. The minimum Gasteiger partial charge on any atom is -0.480 e. The van der Waals surface area contributed by atoms with Gasteiger partial charge in [0.05, 0.1) is 11.1 Å². The van der Waals surface area contributed by atoms with E-state index in [4.69, 9.17) is 23.2 Å². The molecule has 0 amide bonds. The van der Waals surface area contributed by atoms with Gasteiger partial charge in [0.25, 0.3) is 0 Å². The van der Waals surface area contributed by atoms with E-state index in [0.717, 1.165) is 25.7 Å². The molecule has 1 aliphatic carbocycles. The van der Waals surface area contributed by atoms with Crippen LogP contribution in [0.4, 0.5) is 4.39 Å². The van der Waals surface area contributed by atoms with Gasteiger partial charge in [-0.2, -0.15) is 5.26 Å². The second kappa shape index (κ2) is 8.78. The Bertz CT molecular complexity index is 1020. The third-order valence-corrected chi connectivity index (χ3v) is 7.43. The van der Waals surface area contributed by atoms with Gasteiger partial charge in [0, 0.05) is 17.0 Å². The number of nitrogens with one attached hydrogen (secondary N) is 1. The highest BCUT2D eigenvalue weighted by molar-refractivity contribution is 6.31. The molecule has 1 saturated heterocycles. The maximum atomic E-state index is 15.2.